The molecule has 0 radical (unpaired) electrons. The van der Waals surface area contributed by atoms with Gasteiger partial charge in [-0.1, -0.05) is 13.0 Å². The average molecular weight is 304 g/mol. The summed E-state index contributed by atoms with van der Waals surface area (Å²) in [6, 6.07) is 4.00. The first kappa shape index (κ1) is 13.5. The topological polar surface area (TPSA) is 55.4 Å². The predicted molar refractivity (Wildman–Crippen MR) is 85.6 cm³/mol. The standard InChI is InChI=1S/C15H16N2OS2/c1-9-4-5-11-12(7-9)20-15(13(11)14(16)18)17-8-10-3-2-6-19-10/h2-3,6,8-9H,4-5,7H2,1H3,(H2,16,18)/b17-8+. The van der Waals surface area contributed by atoms with Crippen molar-refractivity contribution >= 4 is 39.8 Å². The van der Waals surface area contributed by atoms with E-state index in [1.165, 1.54) is 4.88 Å². The van der Waals surface area contributed by atoms with Gasteiger partial charge in [-0.3, -0.25) is 4.79 Å². The number of nitrogens with two attached hydrogens (primary N) is 1. The first-order valence-electron chi connectivity index (χ1n) is 6.67. The Morgan fingerprint density at radius 2 is 2.40 bits per heavy atom. The molecule has 3 rings (SSSR count). The Balaban J connectivity index is 2.00. The minimum absolute atomic E-state index is 0.351. The third-order valence-corrected chi connectivity index (χ3v) is 5.56. The third kappa shape index (κ3) is 2.55. The lowest BCUT2D eigenvalue weighted by atomic mass is 9.88. The van der Waals surface area contributed by atoms with E-state index in [-0.39, 0.29) is 5.91 Å². The van der Waals surface area contributed by atoms with Crippen LogP contribution in [0.25, 0.3) is 0 Å². The second kappa shape index (κ2) is 5.50. The summed E-state index contributed by atoms with van der Waals surface area (Å²) in [6.45, 7) is 2.25. The lowest BCUT2D eigenvalue weighted by Gasteiger charge is -2.18. The summed E-state index contributed by atoms with van der Waals surface area (Å²) in [4.78, 5) is 18.6. The van der Waals surface area contributed by atoms with Crippen molar-refractivity contribution in [3.63, 3.8) is 0 Å². The Hall–Kier alpha value is -1.46. The highest BCUT2D eigenvalue weighted by Gasteiger charge is 2.26. The molecule has 1 unspecified atom stereocenters. The van der Waals surface area contributed by atoms with E-state index in [0.29, 0.717) is 11.5 Å². The van der Waals surface area contributed by atoms with E-state index in [2.05, 4.69) is 11.9 Å². The molecule has 0 aliphatic heterocycles. The molecule has 5 heteroatoms. The number of hydrogen-bond donors (Lipinski definition) is 1. The van der Waals surface area contributed by atoms with Gasteiger partial charge in [0.1, 0.15) is 5.00 Å². The normalized spacial score (nSPS) is 18.4. The van der Waals surface area contributed by atoms with Gasteiger partial charge in [0.2, 0.25) is 0 Å². The highest BCUT2D eigenvalue weighted by molar-refractivity contribution is 7.16. The molecule has 2 heterocycles. The molecule has 0 bridgehead atoms. The number of hydrogen-bond acceptors (Lipinski definition) is 4. The largest absolute Gasteiger partial charge is 0.365 e. The van der Waals surface area contributed by atoms with E-state index in [9.17, 15) is 4.79 Å². The number of fused-ring (bicyclic) bond motifs is 1. The number of carbonyl (C=O) groups is 1. The molecule has 1 atom stereocenters. The van der Waals surface area contributed by atoms with E-state index < -0.39 is 0 Å². The van der Waals surface area contributed by atoms with Gasteiger partial charge in [-0.2, -0.15) is 0 Å². The van der Waals surface area contributed by atoms with Gasteiger partial charge in [0.25, 0.3) is 5.91 Å². The molecular formula is C15H16N2OS2. The zero-order chi connectivity index (χ0) is 14.1. The van der Waals surface area contributed by atoms with Crippen molar-refractivity contribution in [1.29, 1.82) is 0 Å². The molecule has 0 aromatic carbocycles. The zero-order valence-corrected chi connectivity index (χ0v) is 12.9. The van der Waals surface area contributed by atoms with E-state index in [4.69, 9.17) is 5.73 Å². The molecule has 0 saturated carbocycles. The zero-order valence-electron chi connectivity index (χ0n) is 11.3. The van der Waals surface area contributed by atoms with Gasteiger partial charge in [0, 0.05) is 16.0 Å². The minimum atomic E-state index is -0.351. The fraction of sp³-hybridized carbons (Fsp3) is 0.333. The van der Waals surface area contributed by atoms with Crippen molar-refractivity contribution in [1.82, 2.24) is 0 Å². The third-order valence-electron chi connectivity index (χ3n) is 3.59. The molecule has 2 N–H and O–H groups in total. The van der Waals surface area contributed by atoms with Gasteiger partial charge < -0.3 is 5.73 Å². The Kier molecular flexibility index (Phi) is 3.72. The van der Waals surface area contributed by atoms with Crippen LogP contribution < -0.4 is 5.73 Å². The van der Waals surface area contributed by atoms with Gasteiger partial charge >= 0.3 is 0 Å². The van der Waals surface area contributed by atoms with Gasteiger partial charge in [0.15, 0.2) is 0 Å². The number of nitrogens with zero attached hydrogens (tertiary/aromatic N) is 1. The van der Waals surface area contributed by atoms with Crippen molar-refractivity contribution in [2.45, 2.75) is 26.2 Å². The van der Waals surface area contributed by atoms with Gasteiger partial charge in [0.05, 0.1) is 5.56 Å². The number of amides is 1. The summed E-state index contributed by atoms with van der Waals surface area (Å²) in [5.41, 5.74) is 7.34. The maximum absolute atomic E-state index is 11.8. The fourth-order valence-electron chi connectivity index (χ4n) is 2.57. The number of carbonyl (C=O) groups excluding carboxylic acids is 1. The average Bonchev–Trinajstić information content (AvgIpc) is 3.02. The molecule has 1 aliphatic rings. The highest BCUT2D eigenvalue weighted by Crippen LogP contribution is 2.40. The highest BCUT2D eigenvalue weighted by atomic mass is 32.1. The summed E-state index contributed by atoms with van der Waals surface area (Å²) in [5.74, 6) is 0.325. The van der Waals surface area contributed by atoms with Crippen molar-refractivity contribution in [2.75, 3.05) is 0 Å². The van der Waals surface area contributed by atoms with Crippen LogP contribution in [0.2, 0.25) is 0 Å². The maximum Gasteiger partial charge on any atom is 0.252 e. The van der Waals surface area contributed by atoms with Crippen molar-refractivity contribution in [3.8, 4) is 0 Å². The summed E-state index contributed by atoms with van der Waals surface area (Å²) in [7, 11) is 0. The molecule has 2 aromatic rings. The van der Waals surface area contributed by atoms with E-state index in [1.54, 1.807) is 22.7 Å². The summed E-state index contributed by atoms with van der Waals surface area (Å²) < 4.78 is 0. The monoisotopic (exact) mass is 304 g/mol. The number of primary amides is 1. The molecule has 0 saturated heterocycles. The van der Waals surface area contributed by atoms with E-state index >= 15 is 0 Å². The van der Waals surface area contributed by atoms with Crippen LogP contribution in [0.15, 0.2) is 22.5 Å². The molecule has 20 heavy (non-hydrogen) atoms. The molecule has 1 amide bonds. The molecule has 2 aromatic heterocycles. The number of aliphatic imine (C=N–C) groups is 1. The number of rotatable bonds is 3. The summed E-state index contributed by atoms with van der Waals surface area (Å²) in [5, 5.41) is 2.78. The SMILES string of the molecule is CC1CCc2c(sc(/N=C/c3cccs3)c2C(N)=O)C1. The van der Waals surface area contributed by atoms with Crippen LogP contribution in [0.3, 0.4) is 0 Å². The quantitative estimate of drug-likeness (QED) is 0.862. The van der Waals surface area contributed by atoms with Crippen LogP contribution in [0.1, 0.15) is 39.0 Å². The fourth-order valence-corrected chi connectivity index (χ4v) is 4.51. The van der Waals surface area contributed by atoms with Gasteiger partial charge in [-0.25, -0.2) is 4.99 Å². The van der Waals surface area contributed by atoms with Crippen LogP contribution in [-0.2, 0) is 12.8 Å². The molecule has 0 spiro atoms. The number of thiophene rings is 2. The molecule has 0 fully saturated rings. The van der Waals surface area contributed by atoms with Crippen LogP contribution in [0.4, 0.5) is 5.00 Å². The first-order chi connectivity index (χ1) is 9.65. The van der Waals surface area contributed by atoms with Crippen LogP contribution >= 0.6 is 22.7 Å². The van der Waals surface area contributed by atoms with Crippen LogP contribution in [-0.4, -0.2) is 12.1 Å². The Morgan fingerprint density at radius 1 is 1.55 bits per heavy atom. The van der Waals surface area contributed by atoms with E-state index in [0.717, 1.165) is 34.7 Å². The molecule has 1 aliphatic carbocycles. The minimum Gasteiger partial charge on any atom is -0.365 e. The maximum atomic E-state index is 11.8. The second-order valence-electron chi connectivity index (χ2n) is 5.17. The van der Waals surface area contributed by atoms with Crippen LogP contribution in [0.5, 0.6) is 0 Å². The molecule has 3 nitrogen and oxygen atoms in total. The van der Waals surface area contributed by atoms with Gasteiger partial charge in [-0.15, -0.1) is 22.7 Å². The van der Waals surface area contributed by atoms with Crippen molar-refractivity contribution in [2.24, 2.45) is 16.6 Å². The predicted octanol–water partition coefficient (Wildman–Crippen LogP) is 3.78. The van der Waals surface area contributed by atoms with Crippen molar-refractivity contribution in [3.05, 3.63) is 38.4 Å². The lowest BCUT2D eigenvalue weighted by molar-refractivity contribution is 0.1000. The molecule has 104 valence electrons. The molecular weight excluding hydrogens is 288 g/mol. The van der Waals surface area contributed by atoms with Crippen molar-refractivity contribution < 1.29 is 4.79 Å². The first-order valence-corrected chi connectivity index (χ1v) is 8.36. The smallest absolute Gasteiger partial charge is 0.252 e. The summed E-state index contributed by atoms with van der Waals surface area (Å²) in [6.07, 6.45) is 4.92. The Bertz CT molecular complexity index is 656. The Morgan fingerprint density at radius 3 is 3.10 bits per heavy atom. The second-order valence-corrected chi connectivity index (χ2v) is 7.23. The Labute approximate surface area is 126 Å². The summed E-state index contributed by atoms with van der Waals surface area (Å²) >= 11 is 3.25. The lowest BCUT2D eigenvalue weighted by Crippen LogP contribution is -2.16. The van der Waals surface area contributed by atoms with Gasteiger partial charge in [-0.05, 0) is 42.2 Å². The van der Waals surface area contributed by atoms with Crippen LogP contribution in [0, 0.1) is 5.92 Å². The van der Waals surface area contributed by atoms with E-state index in [1.807, 2.05) is 23.7 Å².